The van der Waals surface area contributed by atoms with E-state index in [9.17, 15) is 4.79 Å². The molecule has 0 aromatic carbocycles. The lowest BCUT2D eigenvalue weighted by atomic mass is 10.3. The predicted octanol–water partition coefficient (Wildman–Crippen LogP) is 1.06. The Labute approximate surface area is 67.4 Å². The largest absolute Gasteiger partial charge is 0.466 e. The highest BCUT2D eigenvalue weighted by atomic mass is 16.5. The molecule has 0 unspecified atom stereocenters. The van der Waals surface area contributed by atoms with Crippen LogP contribution in [0.15, 0.2) is 11.8 Å². The van der Waals surface area contributed by atoms with E-state index in [2.05, 4.69) is 10.1 Å². The number of rotatable bonds is 4. The van der Waals surface area contributed by atoms with Crippen molar-refractivity contribution in [3.05, 3.63) is 11.8 Å². The molecule has 0 aromatic rings. The first-order valence-corrected chi connectivity index (χ1v) is 3.77. The number of hydrogen-bond acceptors (Lipinski definition) is 3. The Bertz CT molecular complexity index is 152. The first-order valence-electron chi connectivity index (χ1n) is 3.77. The van der Waals surface area contributed by atoms with Crippen LogP contribution in [0, 0.1) is 0 Å². The zero-order valence-electron chi connectivity index (χ0n) is 7.31. The van der Waals surface area contributed by atoms with Gasteiger partial charge in [0.1, 0.15) is 0 Å². The van der Waals surface area contributed by atoms with Crippen LogP contribution in [0.4, 0.5) is 0 Å². The summed E-state index contributed by atoms with van der Waals surface area (Å²) in [5.41, 5.74) is 0.916. The molecular formula is C8H15NO2. The van der Waals surface area contributed by atoms with Gasteiger partial charge in [0.2, 0.25) is 0 Å². The minimum Gasteiger partial charge on any atom is -0.466 e. The molecule has 64 valence electrons. The smallest absolute Gasteiger partial charge is 0.332 e. The first kappa shape index (κ1) is 10.0. The molecule has 3 heteroatoms. The quantitative estimate of drug-likeness (QED) is 0.490. The number of nitrogens with one attached hydrogen (secondary N) is 1. The van der Waals surface area contributed by atoms with E-state index in [0.29, 0.717) is 0 Å². The maximum Gasteiger partial charge on any atom is 0.332 e. The number of carbonyl (C=O) groups is 1. The number of ether oxygens (including phenoxy) is 1. The van der Waals surface area contributed by atoms with Gasteiger partial charge in [0.15, 0.2) is 0 Å². The fourth-order valence-electron chi connectivity index (χ4n) is 0.706. The summed E-state index contributed by atoms with van der Waals surface area (Å²) in [5, 5.41) is 3.06. The second kappa shape index (κ2) is 5.77. The van der Waals surface area contributed by atoms with E-state index in [1.165, 1.54) is 13.2 Å². The third-order valence-electron chi connectivity index (χ3n) is 1.28. The molecule has 0 aliphatic carbocycles. The van der Waals surface area contributed by atoms with Crippen LogP contribution in [-0.2, 0) is 9.53 Å². The summed E-state index contributed by atoms with van der Waals surface area (Å²) in [5.74, 6) is -0.303. The molecule has 0 bridgehead atoms. The number of esters is 1. The zero-order valence-corrected chi connectivity index (χ0v) is 7.31. The maximum absolute atomic E-state index is 10.7. The molecule has 0 aromatic heterocycles. The van der Waals surface area contributed by atoms with Crippen molar-refractivity contribution in [2.45, 2.75) is 20.3 Å². The van der Waals surface area contributed by atoms with Crippen LogP contribution >= 0.6 is 0 Å². The fraction of sp³-hybridized carbons (Fsp3) is 0.625. The lowest BCUT2D eigenvalue weighted by Gasteiger charge is -2.04. The van der Waals surface area contributed by atoms with Crippen molar-refractivity contribution < 1.29 is 9.53 Å². The number of hydrogen-bond donors (Lipinski definition) is 1. The molecule has 3 nitrogen and oxygen atoms in total. The normalized spacial score (nSPS) is 11.0. The monoisotopic (exact) mass is 157 g/mol. The van der Waals surface area contributed by atoms with Crippen LogP contribution in [0.25, 0.3) is 0 Å². The summed E-state index contributed by atoms with van der Waals surface area (Å²) >= 11 is 0. The number of allylic oxidation sites excluding steroid dienone is 1. The molecule has 0 aliphatic rings. The number of carbonyl (C=O) groups excluding carboxylic acids is 1. The van der Waals surface area contributed by atoms with E-state index in [4.69, 9.17) is 0 Å². The van der Waals surface area contributed by atoms with E-state index in [0.717, 1.165) is 18.7 Å². The van der Waals surface area contributed by atoms with Gasteiger partial charge in [-0.2, -0.15) is 0 Å². The van der Waals surface area contributed by atoms with Gasteiger partial charge in [-0.1, -0.05) is 6.92 Å². The van der Waals surface area contributed by atoms with Crippen LogP contribution in [0.3, 0.4) is 0 Å². The Balaban J connectivity index is 3.99. The third-order valence-corrected chi connectivity index (χ3v) is 1.28. The molecule has 0 fully saturated rings. The molecule has 11 heavy (non-hydrogen) atoms. The summed E-state index contributed by atoms with van der Waals surface area (Å²) in [6.07, 6.45) is 2.30. The Morgan fingerprint density at radius 1 is 1.55 bits per heavy atom. The molecule has 0 amide bonds. The SMILES string of the molecule is CCN/C(=C/C(=O)OC)CC. The third kappa shape index (κ3) is 4.42. The number of methoxy groups -OCH3 is 1. The molecular weight excluding hydrogens is 142 g/mol. The van der Waals surface area contributed by atoms with Crippen LogP contribution in [0.5, 0.6) is 0 Å². The van der Waals surface area contributed by atoms with Gasteiger partial charge in [0, 0.05) is 18.3 Å². The highest BCUT2D eigenvalue weighted by molar-refractivity contribution is 5.82. The Morgan fingerprint density at radius 3 is 2.55 bits per heavy atom. The summed E-state index contributed by atoms with van der Waals surface area (Å²) in [4.78, 5) is 10.7. The van der Waals surface area contributed by atoms with Crippen molar-refractivity contribution in [2.24, 2.45) is 0 Å². The van der Waals surface area contributed by atoms with Gasteiger partial charge in [-0.3, -0.25) is 0 Å². The minimum atomic E-state index is -0.303. The second-order valence-electron chi connectivity index (χ2n) is 2.08. The van der Waals surface area contributed by atoms with Crippen molar-refractivity contribution in [2.75, 3.05) is 13.7 Å². The summed E-state index contributed by atoms with van der Waals surface area (Å²) < 4.78 is 4.47. The van der Waals surface area contributed by atoms with Crippen LogP contribution in [-0.4, -0.2) is 19.6 Å². The van der Waals surface area contributed by atoms with Gasteiger partial charge in [-0.25, -0.2) is 4.79 Å². The van der Waals surface area contributed by atoms with Gasteiger partial charge >= 0.3 is 5.97 Å². The van der Waals surface area contributed by atoms with E-state index < -0.39 is 0 Å². The topological polar surface area (TPSA) is 38.3 Å². The zero-order chi connectivity index (χ0) is 8.69. The fourth-order valence-corrected chi connectivity index (χ4v) is 0.706. The highest BCUT2D eigenvalue weighted by Crippen LogP contribution is 1.95. The Hall–Kier alpha value is -0.990. The Kier molecular flexibility index (Phi) is 5.25. The molecule has 0 radical (unpaired) electrons. The van der Waals surface area contributed by atoms with Gasteiger partial charge in [-0.05, 0) is 13.3 Å². The molecule has 0 heterocycles. The summed E-state index contributed by atoms with van der Waals surface area (Å²) in [7, 11) is 1.37. The lowest BCUT2D eigenvalue weighted by molar-refractivity contribution is -0.134. The van der Waals surface area contributed by atoms with E-state index in [1.54, 1.807) is 0 Å². The van der Waals surface area contributed by atoms with Gasteiger partial charge < -0.3 is 10.1 Å². The second-order valence-corrected chi connectivity index (χ2v) is 2.08. The molecule has 1 N–H and O–H groups in total. The molecule has 0 aliphatic heterocycles. The molecule has 0 spiro atoms. The Morgan fingerprint density at radius 2 is 2.18 bits per heavy atom. The first-order chi connectivity index (χ1) is 5.24. The van der Waals surface area contributed by atoms with Crippen LogP contribution in [0.2, 0.25) is 0 Å². The van der Waals surface area contributed by atoms with Crippen molar-refractivity contribution >= 4 is 5.97 Å². The standard InChI is InChI=1S/C8H15NO2/c1-4-7(9-5-2)6-8(10)11-3/h6,9H,4-5H2,1-3H3/b7-6+. The summed E-state index contributed by atoms with van der Waals surface area (Å²) in [6.45, 7) is 4.80. The van der Waals surface area contributed by atoms with E-state index in [1.807, 2.05) is 13.8 Å². The molecule has 0 atom stereocenters. The van der Waals surface area contributed by atoms with Gasteiger partial charge in [0.25, 0.3) is 0 Å². The molecule has 0 saturated heterocycles. The molecule has 0 rings (SSSR count). The van der Waals surface area contributed by atoms with Crippen molar-refractivity contribution in [3.63, 3.8) is 0 Å². The van der Waals surface area contributed by atoms with Crippen LogP contribution in [0.1, 0.15) is 20.3 Å². The summed E-state index contributed by atoms with van der Waals surface area (Å²) in [6, 6.07) is 0. The van der Waals surface area contributed by atoms with E-state index >= 15 is 0 Å². The molecule has 0 saturated carbocycles. The lowest BCUT2D eigenvalue weighted by Crippen LogP contribution is -2.13. The van der Waals surface area contributed by atoms with Crippen molar-refractivity contribution in [3.8, 4) is 0 Å². The van der Waals surface area contributed by atoms with Gasteiger partial charge in [0.05, 0.1) is 7.11 Å². The average molecular weight is 157 g/mol. The highest BCUT2D eigenvalue weighted by Gasteiger charge is 1.96. The maximum atomic E-state index is 10.7. The van der Waals surface area contributed by atoms with Crippen molar-refractivity contribution in [1.82, 2.24) is 5.32 Å². The van der Waals surface area contributed by atoms with Crippen molar-refractivity contribution in [1.29, 1.82) is 0 Å². The minimum absolute atomic E-state index is 0.303. The van der Waals surface area contributed by atoms with Crippen LogP contribution < -0.4 is 5.32 Å². The van der Waals surface area contributed by atoms with Gasteiger partial charge in [-0.15, -0.1) is 0 Å². The average Bonchev–Trinajstić information content (AvgIpc) is 2.03. The van der Waals surface area contributed by atoms with E-state index in [-0.39, 0.29) is 5.97 Å². The predicted molar refractivity (Wildman–Crippen MR) is 44.1 cm³/mol.